The van der Waals surface area contributed by atoms with Gasteiger partial charge in [-0.25, -0.2) is 4.68 Å². The van der Waals surface area contributed by atoms with Crippen LogP contribution in [0.1, 0.15) is 23.3 Å². The number of benzene rings is 1. The van der Waals surface area contributed by atoms with Gasteiger partial charge < -0.3 is 14.4 Å². The van der Waals surface area contributed by atoms with Gasteiger partial charge in [-0.2, -0.15) is 10.2 Å². The van der Waals surface area contributed by atoms with Gasteiger partial charge in [-0.05, 0) is 30.3 Å². The zero-order valence-corrected chi connectivity index (χ0v) is 19.0. The minimum absolute atomic E-state index is 0.0235. The van der Waals surface area contributed by atoms with Crippen LogP contribution in [0, 0.1) is 0 Å². The van der Waals surface area contributed by atoms with Crippen molar-refractivity contribution >= 4 is 5.91 Å². The van der Waals surface area contributed by atoms with Crippen molar-refractivity contribution in [3.8, 4) is 28.7 Å². The van der Waals surface area contributed by atoms with Crippen LogP contribution >= 0.6 is 0 Å². The lowest BCUT2D eigenvalue weighted by molar-refractivity contribution is 0.0576. The molecule has 34 heavy (non-hydrogen) atoms. The third-order valence-electron chi connectivity index (χ3n) is 5.86. The third kappa shape index (κ3) is 4.34. The summed E-state index contributed by atoms with van der Waals surface area (Å²) in [6.07, 6.45) is 4.90. The highest BCUT2D eigenvalue weighted by atomic mass is 16.5. The Morgan fingerprint density at radius 2 is 1.88 bits per heavy atom. The highest BCUT2D eigenvalue weighted by molar-refractivity contribution is 5.94. The molecule has 5 rings (SSSR count). The second kappa shape index (κ2) is 9.34. The number of hydrogen-bond acceptors (Lipinski definition) is 7. The summed E-state index contributed by atoms with van der Waals surface area (Å²) in [5, 5.41) is 17.0. The van der Waals surface area contributed by atoms with Gasteiger partial charge in [-0.1, -0.05) is 12.1 Å². The summed E-state index contributed by atoms with van der Waals surface area (Å²) in [6, 6.07) is 14.9. The van der Waals surface area contributed by atoms with Crippen LogP contribution in [0.5, 0.6) is 11.6 Å². The van der Waals surface area contributed by atoms with Crippen LogP contribution in [0.15, 0.2) is 60.9 Å². The van der Waals surface area contributed by atoms with Gasteiger partial charge in [0.25, 0.3) is 5.91 Å². The zero-order valence-electron chi connectivity index (χ0n) is 19.0. The van der Waals surface area contributed by atoms with Crippen molar-refractivity contribution < 1.29 is 14.3 Å². The van der Waals surface area contributed by atoms with E-state index in [-0.39, 0.29) is 12.0 Å². The van der Waals surface area contributed by atoms with E-state index < -0.39 is 0 Å². The fourth-order valence-electron chi connectivity index (χ4n) is 4.07. The molecule has 4 aromatic rings. The first kappa shape index (κ1) is 21.6. The minimum Gasteiger partial charge on any atom is -0.496 e. The number of aryl methyl sites for hydroxylation is 1. The van der Waals surface area contributed by atoms with Crippen LogP contribution in [0.25, 0.3) is 17.1 Å². The lowest BCUT2D eigenvalue weighted by atomic mass is 10.1. The topological polar surface area (TPSA) is 100 Å². The van der Waals surface area contributed by atoms with E-state index in [9.17, 15) is 4.79 Å². The number of hydrogen-bond donors (Lipinski definition) is 0. The average molecular weight is 460 g/mol. The number of para-hydroxylation sites is 1. The van der Waals surface area contributed by atoms with E-state index in [4.69, 9.17) is 9.47 Å². The van der Waals surface area contributed by atoms with Gasteiger partial charge in [0, 0.05) is 57.0 Å². The molecule has 10 nitrogen and oxygen atoms in total. The maximum Gasteiger partial charge on any atom is 0.272 e. The highest BCUT2D eigenvalue weighted by Gasteiger charge is 2.27. The minimum atomic E-state index is -0.0436. The van der Waals surface area contributed by atoms with Gasteiger partial charge in [0.15, 0.2) is 5.82 Å². The Bertz CT molecular complexity index is 1260. The Morgan fingerprint density at radius 3 is 2.59 bits per heavy atom. The Hall–Kier alpha value is -4.21. The largest absolute Gasteiger partial charge is 0.496 e. The number of rotatable bonds is 6. The van der Waals surface area contributed by atoms with Crippen molar-refractivity contribution in [2.45, 2.75) is 18.9 Å². The Labute approximate surface area is 196 Å². The van der Waals surface area contributed by atoms with Crippen LogP contribution in [0.4, 0.5) is 0 Å². The number of ether oxygens (including phenoxy) is 2. The van der Waals surface area contributed by atoms with Gasteiger partial charge in [0.05, 0.1) is 12.8 Å². The molecule has 174 valence electrons. The second-order valence-corrected chi connectivity index (χ2v) is 8.03. The average Bonchev–Trinajstić information content (AvgIpc) is 3.55. The first-order valence-corrected chi connectivity index (χ1v) is 11.1. The number of carbonyl (C=O) groups is 1. The van der Waals surface area contributed by atoms with Gasteiger partial charge in [0.2, 0.25) is 5.88 Å². The van der Waals surface area contributed by atoms with E-state index in [0.717, 1.165) is 11.3 Å². The molecule has 0 unspecified atom stereocenters. The molecule has 4 heterocycles. The standard InChI is InChI=1S/C24H25N7O3/c1-29-20(16-19(28-29)18-6-3-4-7-21(18)33-2)24(32)30-14-10-17(11-15-30)34-23-9-8-22(26-27-23)31-13-5-12-25-31/h3-9,12-13,16-17H,10-11,14-15H2,1-2H3. The van der Waals surface area contributed by atoms with E-state index >= 15 is 0 Å². The summed E-state index contributed by atoms with van der Waals surface area (Å²) < 4.78 is 14.7. The normalized spacial score (nSPS) is 14.2. The van der Waals surface area contributed by atoms with E-state index in [2.05, 4.69) is 20.4 Å². The fourth-order valence-corrected chi connectivity index (χ4v) is 4.07. The molecule has 1 aliphatic rings. The van der Waals surface area contributed by atoms with Gasteiger partial charge in [0.1, 0.15) is 17.5 Å². The van der Waals surface area contributed by atoms with Crippen molar-refractivity contribution in [2.24, 2.45) is 7.05 Å². The monoisotopic (exact) mass is 459 g/mol. The summed E-state index contributed by atoms with van der Waals surface area (Å²) in [4.78, 5) is 15.0. The van der Waals surface area contributed by atoms with E-state index in [1.807, 2.05) is 47.4 Å². The molecular weight excluding hydrogens is 434 g/mol. The number of nitrogens with zero attached hydrogens (tertiary/aromatic N) is 7. The maximum atomic E-state index is 13.2. The fraction of sp³-hybridized carbons (Fsp3) is 0.292. The summed E-state index contributed by atoms with van der Waals surface area (Å²) >= 11 is 0. The Balaban J connectivity index is 1.20. The summed E-state index contributed by atoms with van der Waals surface area (Å²) in [5.74, 6) is 1.77. The van der Waals surface area contributed by atoms with Crippen LogP contribution in [-0.2, 0) is 7.05 Å². The molecule has 1 saturated heterocycles. The van der Waals surface area contributed by atoms with Gasteiger partial charge >= 0.3 is 0 Å². The Morgan fingerprint density at radius 1 is 1.06 bits per heavy atom. The van der Waals surface area contributed by atoms with Gasteiger partial charge in [-0.15, -0.1) is 10.2 Å². The molecule has 3 aromatic heterocycles. The lowest BCUT2D eigenvalue weighted by Crippen LogP contribution is -2.42. The first-order chi connectivity index (χ1) is 16.6. The molecule has 1 aromatic carbocycles. The Kier molecular flexibility index (Phi) is 5.94. The number of piperidine rings is 1. The first-order valence-electron chi connectivity index (χ1n) is 11.1. The molecule has 1 amide bonds. The van der Waals surface area contributed by atoms with Crippen molar-refractivity contribution in [1.82, 2.24) is 34.7 Å². The van der Waals surface area contributed by atoms with E-state index in [0.29, 0.717) is 49.0 Å². The molecule has 1 fully saturated rings. The summed E-state index contributed by atoms with van der Waals surface area (Å²) in [5.41, 5.74) is 2.10. The molecule has 0 saturated carbocycles. The molecule has 0 radical (unpaired) electrons. The van der Waals surface area contributed by atoms with E-state index in [1.54, 1.807) is 42.0 Å². The SMILES string of the molecule is COc1ccccc1-c1cc(C(=O)N2CCC(Oc3ccc(-n4cccn4)nn3)CC2)n(C)n1. The molecule has 0 bridgehead atoms. The number of methoxy groups -OCH3 is 1. The third-order valence-corrected chi connectivity index (χ3v) is 5.86. The lowest BCUT2D eigenvalue weighted by Gasteiger charge is -2.31. The number of carbonyl (C=O) groups excluding carboxylic acids is 1. The number of aromatic nitrogens is 6. The summed E-state index contributed by atoms with van der Waals surface area (Å²) in [7, 11) is 3.41. The van der Waals surface area contributed by atoms with Crippen LogP contribution < -0.4 is 9.47 Å². The van der Waals surface area contributed by atoms with Crippen molar-refractivity contribution in [2.75, 3.05) is 20.2 Å². The second-order valence-electron chi connectivity index (χ2n) is 8.03. The van der Waals surface area contributed by atoms with Gasteiger partial charge in [-0.3, -0.25) is 9.48 Å². The van der Waals surface area contributed by atoms with Crippen LogP contribution in [0.3, 0.4) is 0 Å². The molecule has 10 heteroatoms. The molecule has 0 spiro atoms. The molecule has 0 N–H and O–H groups in total. The smallest absolute Gasteiger partial charge is 0.272 e. The van der Waals surface area contributed by atoms with Crippen molar-refractivity contribution in [3.05, 3.63) is 66.6 Å². The van der Waals surface area contributed by atoms with Crippen LogP contribution in [0.2, 0.25) is 0 Å². The predicted molar refractivity (Wildman–Crippen MR) is 124 cm³/mol. The summed E-state index contributed by atoms with van der Waals surface area (Å²) in [6.45, 7) is 1.19. The highest BCUT2D eigenvalue weighted by Crippen LogP contribution is 2.29. The van der Waals surface area contributed by atoms with Crippen molar-refractivity contribution in [3.63, 3.8) is 0 Å². The van der Waals surface area contributed by atoms with E-state index in [1.165, 1.54) is 0 Å². The van der Waals surface area contributed by atoms with Crippen LogP contribution in [-0.4, -0.2) is 66.9 Å². The van der Waals surface area contributed by atoms with Crippen molar-refractivity contribution in [1.29, 1.82) is 0 Å². The molecule has 0 aliphatic carbocycles. The number of likely N-dealkylation sites (tertiary alicyclic amines) is 1. The molecule has 0 atom stereocenters. The predicted octanol–water partition coefficient (Wildman–Crippen LogP) is 2.75. The maximum absolute atomic E-state index is 13.2. The molecular formula is C24H25N7O3. The quantitative estimate of drug-likeness (QED) is 0.437. The zero-order chi connectivity index (χ0) is 23.5. The molecule has 1 aliphatic heterocycles. The number of amides is 1.